The first-order chi connectivity index (χ1) is 14.3. The molecule has 0 saturated heterocycles. The molecule has 3 aromatic heterocycles. The van der Waals surface area contributed by atoms with Crippen LogP contribution in [0.25, 0.3) is 27.8 Å². The molecule has 0 N–H and O–H groups in total. The summed E-state index contributed by atoms with van der Waals surface area (Å²) in [4.78, 5) is 8.94. The average Bonchev–Trinajstić information content (AvgIpc) is 3.40. The zero-order valence-corrected chi connectivity index (χ0v) is 15.7. The van der Waals surface area contributed by atoms with E-state index in [2.05, 4.69) is 46.4 Å². The Hall–Kier alpha value is -3.73. The summed E-state index contributed by atoms with van der Waals surface area (Å²) in [6.07, 6.45) is 5.46. The summed E-state index contributed by atoms with van der Waals surface area (Å²) in [6.45, 7) is 0.762. The number of pyridine rings is 1. The summed E-state index contributed by atoms with van der Waals surface area (Å²) >= 11 is 0. The van der Waals surface area contributed by atoms with Crippen molar-refractivity contribution in [1.29, 1.82) is 0 Å². The Balaban J connectivity index is 1.39. The van der Waals surface area contributed by atoms with E-state index in [9.17, 15) is 0 Å². The maximum Gasteiger partial charge on any atom is 0.153 e. The number of hydrogen-bond acceptors (Lipinski definition) is 4. The SMILES string of the molecule is c1cnc2ccc(Cc3cnc4ccc(-c5ccc6c(c5)CCO6)nn34)cc2c1. The molecule has 0 unspecified atom stereocenters. The highest BCUT2D eigenvalue weighted by molar-refractivity contribution is 5.79. The first kappa shape index (κ1) is 16.2. The molecule has 1 aliphatic rings. The predicted octanol–water partition coefficient (Wildman–Crippen LogP) is 4.47. The highest BCUT2D eigenvalue weighted by Crippen LogP contribution is 2.30. The maximum atomic E-state index is 5.62. The van der Waals surface area contributed by atoms with Crippen LogP contribution in [0.4, 0.5) is 0 Å². The zero-order valence-electron chi connectivity index (χ0n) is 15.7. The molecule has 1 aliphatic heterocycles. The largest absolute Gasteiger partial charge is 0.493 e. The molecule has 5 aromatic rings. The topological polar surface area (TPSA) is 52.3 Å². The smallest absolute Gasteiger partial charge is 0.153 e. The van der Waals surface area contributed by atoms with Gasteiger partial charge >= 0.3 is 0 Å². The van der Waals surface area contributed by atoms with Crippen molar-refractivity contribution in [3.8, 4) is 17.0 Å². The standard InChI is InChI=1S/C24H18N4O/c1-2-17-12-16(3-5-21(17)25-10-1)13-20-15-26-24-8-6-22(27-28(20)24)18-4-7-23-19(14-18)9-11-29-23/h1-8,10,12,14-15H,9,11,13H2. The van der Waals surface area contributed by atoms with Gasteiger partial charge in [-0.25, -0.2) is 9.50 Å². The highest BCUT2D eigenvalue weighted by Gasteiger charge is 2.14. The lowest BCUT2D eigenvalue weighted by atomic mass is 10.1. The second-order valence-corrected chi connectivity index (χ2v) is 7.37. The number of imidazole rings is 1. The fourth-order valence-electron chi connectivity index (χ4n) is 3.99. The van der Waals surface area contributed by atoms with Crippen LogP contribution in [0.5, 0.6) is 5.75 Å². The predicted molar refractivity (Wildman–Crippen MR) is 112 cm³/mol. The van der Waals surface area contributed by atoms with Gasteiger partial charge in [0.15, 0.2) is 5.65 Å². The van der Waals surface area contributed by atoms with E-state index >= 15 is 0 Å². The quantitative estimate of drug-likeness (QED) is 0.465. The monoisotopic (exact) mass is 378 g/mol. The molecule has 0 amide bonds. The number of ether oxygens (including phenoxy) is 1. The molecule has 140 valence electrons. The molecule has 6 rings (SSSR count). The number of rotatable bonds is 3. The van der Waals surface area contributed by atoms with Crippen LogP contribution < -0.4 is 4.74 Å². The van der Waals surface area contributed by atoms with Crippen LogP contribution in [0.2, 0.25) is 0 Å². The summed E-state index contributed by atoms with van der Waals surface area (Å²) in [7, 11) is 0. The normalized spacial score (nSPS) is 13.0. The van der Waals surface area contributed by atoms with Crippen molar-refractivity contribution in [2.75, 3.05) is 6.61 Å². The van der Waals surface area contributed by atoms with Crippen molar-refractivity contribution < 1.29 is 4.74 Å². The van der Waals surface area contributed by atoms with Crippen LogP contribution >= 0.6 is 0 Å². The van der Waals surface area contributed by atoms with Crippen molar-refractivity contribution in [3.05, 3.63) is 89.9 Å². The molecule has 0 atom stereocenters. The van der Waals surface area contributed by atoms with Gasteiger partial charge in [0.2, 0.25) is 0 Å². The Bertz CT molecular complexity index is 1370. The molecule has 0 radical (unpaired) electrons. The van der Waals surface area contributed by atoms with Gasteiger partial charge < -0.3 is 4.74 Å². The molecule has 0 bridgehead atoms. The minimum Gasteiger partial charge on any atom is -0.493 e. The van der Waals surface area contributed by atoms with Gasteiger partial charge in [0.05, 0.1) is 29.7 Å². The third-order valence-electron chi connectivity index (χ3n) is 5.47. The van der Waals surface area contributed by atoms with E-state index in [4.69, 9.17) is 9.84 Å². The first-order valence-electron chi connectivity index (χ1n) is 9.77. The molecule has 0 aliphatic carbocycles. The van der Waals surface area contributed by atoms with Crippen LogP contribution in [0.1, 0.15) is 16.8 Å². The summed E-state index contributed by atoms with van der Waals surface area (Å²) in [5.74, 6) is 0.990. The van der Waals surface area contributed by atoms with Crippen molar-refractivity contribution in [1.82, 2.24) is 19.6 Å². The number of nitrogens with zero attached hydrogens (tertiary/aromatic N) is 4. The Morgan fingerprint density at radius 1 is 0.966 bits per heavy atom. The van der Waals surface area contributed by atoms with E-state index < -0.39 is 0 Å². The average molecular weight is 378 g/mol. The van der Waals surface area contributed by atoms with Crippen LogP contribution in [0, 0.1) is 0 Å². The Morgan fingerprint density at radius 2 is 1.97 bits per heavy atom. The number of fused-ring (bicyclic) bond motifs is 3. The van der Waals surface area contributed by atoms with Gasteiger partial charge in [0.25, 0.3) is 0 Å². The number of hydrogen-bond donors (Lipinski definition) is 0. The second kappa shape index (κ2) is 6.41. The fraction of sp³-hybridized carbons (Fsp3) is 0.125. The van der Waals surface area contributed by atoms with Gasteiger partial charge in [-0.2, -0.15) is 5.10 Å². The molecule has 29 heavy (non-hydrogen) atoms. The summed E-state index contributed by atoms with van der Waals surface area (Å²) < 4.78 is 7.57. The van der Waals surface area contributed by atoms with E-state index in [-0.39, 0.29) is 0 Å². The Morgan fingerprint density at radius 3 is 2.97 bits per heavy atom. The lowest BCUT2D eigenvalue weighted by molar-refractivity contribution is 0.357. The van der Waals surface area contributed by atoms with E-state index in [1.807, 2.05) is 41.2 Å². The molecular formula is C24H18N4O. The zero-order chi connectivity index (χ0) is 19.2. The van der Waals surface area contributed by atoms with E-state index in [1.54, 1.807) is 0 Å². The van der Waals surface area contributed by atoms with Crippen molar-refractivity contribution in [2.24, 2.45) is 0 Å². The van der Waals surface area contributed by atoms with Crippen LogP contribution in [-0.4, -0.2) is 26.2 Å². The molecule has 0 spiro atoms. The number of aromatic nitrogens is 4. The maximum absolute atomic E-state index is 5.62. The van der Waals surface area contributed by atoms with Gasteiger partial charge in [-0.3, -0.25) is 4.98 Å². The summed E-state index contributed by atoms with van der Waals surface area (Å²) in [5.41, 5.74) is 7.44. The molecule has 0 fully saturated rings. The minimum absolute atomic E-state index is 0.762. The molecule has 4 heterocycles. The van der Waals surface area contributed by atoms with E-state index in [0.717, 1.165) is 58.7 Å². The first-order valence-corrected chi connectivity index (χ1v) is 9.77. The van der Waals surface area contributed by atoms with Gasteiger partial charge in [-0.05, 0) is 59.7 Å². The second-order valence-electron chi connectivity index (χ2n) is 7.37. The minimum atomic E-state index is 0.762. The van der Waals surface area contributed by atoms with Crippen molar-refractivity contribution in [3.63, 3.8) is 0 Å². The lowest BCUT2D eigenvalue weighted by Crippen LogP contribution is -2.00. The van der Waals surface area contributed by atoms with Crippen LogP contribution in [0.15, 0.2) is 73.1 Å². The Kier molecular flexibility index (Phi) is 3.59. The van der Waals surface area contributed by atoms with Crippen molar-refractivity contribution in [2.45, 2.75) is 12.8 Å². The lowest BCUT2D eigenvalue weighted by Gasteiger charge is -2.07. The third-order valence-corrected chi connectivity index (χ3v) is 5.47. The van der Waals surface area contributed by atoms with Gasteiger partial charge in [0.1, 0.15) is 5.75 Å². The molecular weight excluding hydrogens is 360 g/mol. The van der Waals surface area contributed by atoms with E-state index in [1.165, 1.54) is 11.1 Å². The molecule has 5 nitrogen and oxygen atoms in total. The molecule has 2 aromatic carbocycles. The fourth-order valence-corrected chi connectivity index (χ4v) is 3.99. The summed E-state index contributed by atoms with van der Waals surface area (Å²) in [5, 5.41) is 6.04. The molecule has 0 saturated carbocycles. The molecule has 5 heteroatoms. The van der Waals surface area contributed by atoms with Crippen LogP contribution in [-0.2, 0) is 12.8 Å². The summed E-state index contributed by atoms with van der Waals surface area (Å²) in [6, 6.07) is 20.8. The Labute approximate surface area is 167 Å². The van der Waals surface area contributed by atoms with Crippen molar-refractivity contribution >= 4 is 16.6 Å². The van der Waals surface area contributed by atoms with Gasteiger partial charge in [-0.15, -0.1) is 0 Å². The highest BCUT2D eigenvalue weighted by atomic mass is 16.5. The van der Waals surface area contributed by atoms with Gasteiger partial charge in [-0.1, -0.05) is 12.1 Å². The van der Waals surface area contributed by atoms with E-state index in [0.29, 0.717) is 0 Å². The van der Waals surface area contributed by atoms with Crippen LogP contribution in [0.3, 0.4) is 0 Å². The van der Waals surface area contributed by atoms with Gasteiger partial charge in [0, 0.05) is 30.0 Å². The number of benzene rings is 2. The third kappa shape index (κ3) is 2.83.